The van der Waals surface area contributed by atoms with Crippen LogP contribution in [0.15, 0.2) is 97.3 Å². The first-order valence-electron chi connectivity index (χ1n) is 8.50. The summed E-state index contributed by atoms with van der Waals surface area (Å²) in [4.78, 5) is 8.09. The van der Waals surface area contributed by atoms with Gasteiger partial charge < -0.3 is 4.98 Å². The average Bonchev–Trinajstić information content (AvgIpc) is 3.21. The molecule has 0 saturated heterocycles. The fourth-order valence-corrected chi connectivity index (χ4v) is 3.72. The van der Waals surface area contributed by atoms with Crippen LogP contribution in [0.3, 0.4) is 0 Å². The molecule has 0 aliphatic heterocycles. The van der Waals surface area contributed by atoms with Gasteiger partial charge in [-0.25, -0.2) is 4.98 Å². The molecule has 1 heterocycles. The first-order chi connectivity index (χ1) is 12.3. The zero-order valence-corrected chi connectivity index (χ0v) is 14.2. The minimum atomic E-state index is -0.475. The Bertz CT molecular complexity index is 902. The van der Waals surface area contributed by atoms with Crippen molar-refractivity contribution in [2.45, 2.75) is 12.3 Å². The van der Waals surface area contributed by atoms with Gasteiger partial charge in [0.1, 0.15) is 11.2 Å². The molecule has 122 valence electrons. The van der Waals surface area contributed by atoms with Crippen LogP contribution in [0.25, 0.3) is 0 Å². The van der Waals surface area contributed by atoms with Crippen LogP contribution in [0.4, 0.5) is 0 Å². The zero-order chi connectivity index (χ0) is 17.1. The molecule has 2 heteroatoms. The van der Waals surface area contributed by atoms with Crippen LogP contribution < -0.4 is 0 Å². The SMILES string of the molecule is Cc1ccccc1C(c1ccccc1)(c1ccccc1)c1ncc[nH]1. The molecular formula is C23H20N2. The maximum absolute atomic E-state index is 4.70. The van der Waals surface area contributed by atoms with E-state index in [0.717, 1.165) is 5.82 Å². The Kier molecular flexibility index (Phi) is 3.95. The van der Waals surface area contributed by atoms with Crippen molar-refractivity contribution in [3.05, 3.63) is 125 Å². The number of aryl methyl sites for hydroxylation is 1. The highest BCUT2D eigenvalue weighted by atomic mass is 14.9. The number of aromatic amines is 1. The van der Waals surface area contributed by atoms with Gasteiger partial charge >= 0.3 is 0 Å². The number of rotatable bonds is 4. The number of nitrogens with one attached hydrogen (secondary N) is 1. The van der Waals surface area contributed by atoms with Gasteiger partial charge in [-0.05, 0) is 29.2 Å². The molecule has 0 spiro atoms. The summed E-state index contributed by atoms with van der Waals surface area (Å²) in [6.07, 6.45) is 3.72. The van der Waals surface area contributed by atoms with Crippen LogP contribution in [0, 0.1) is 6.92 Å². The topological polar surface area (TPSA) is 28.7 Å². The van der Waals surface area contributed by atoms with Gasteiger partial charge in [0.05, 0.1) is 0 Å². The van der Waals surface area contributed by atoms with Crippen LogP contribution in [0.5, 0.6) is 0 Å². The molecule has 0 fully saturated rings. The van der Waals surface area contributed by atoms with E-state index in [9.17, 15) is 0 Å². The van der Waals surface area contributed by atoms with Gasteiger partial charge in [-0.15, -0.1) is 0 Å². The molecule has 0 amide bonds. The highest BCUT2D eigenvalue weighted by Crippen LogP contribution is 2.44. The van der Waals surface area contributed by atoms with Crippen molar-refractivity contribution in [1.29, 1.82) is 0 Å². The third-order valence-electron chi connectivity index (χ3n) is 4.82. The van der Waals surface area contributed by atoms with Crippen molar-refractivity contribution in [3.63, 3.8) is 0 Å². The first-order valence-corrected chi connectivity index (χ1v) is 8.50. The molecule has 3 aromatic carbocycles. The summed E-state index contributed by atoms with van der Waals surface area (Å²) < 4.78 is 0. The molecule has 0 atom stereocenters. The highest BCUT2D eigenvalue weighted by Gasteiger charge is 2.41. The molecule has 0 unspecified atom stereocenters. The van der Waals surface area contributed by atoms with Crippen molar-refractivity contribution in [3.8, 4) is 0 Å². The van der Waals surface area contributed by atoms with Gasteiger partial charge in [-0.1, -0.05) is 84.9 Å². The lowest BCUT2D eigenvalue weighted by Gasteiger charge is -2.35. The van der Waals surface area contributed by atoms with E-state index in [4.69, 9.17) is 4.98 Å². The largest absolute Gasteiger partial charge is 0.347 e. The van der Waals surface area contributed by atoms with Crippen LogP contribution >= 0.6 is 0 Å². The Labute approximate surface area is 148 Å². The minimum Gasteiger partial charge on any atom is -0.347 e. The third-order valence-corrected chi connectivity index (χ3v) is 4.82. The van der Waals surface area contributed by atoms with Gasteiger partial charge in [-0.3, -0.25) is 0 Å². The molecule has 0 aliphatic carbocycles. The fraction of sp³-hybridized carbons (Fsp3) is 0.0870. The van der Waals surface area contributed by atoms with Crippen molar-refractivity contribution in [2.75, 3.05) is 0 Å². The minimum absolute atomic E-state index is 0.475. The summed E-state index contributed by atoms with van der Waals surface area (Å²) in [7, 11) is 0. The summed E-state index contributed by atoms with van der Waals surface area (Å²) in [5.41, 5.74) is 4.40. The third kappa shape index (κ3) is 2.47. The monoisotopic (exact) mass is 324 g/mol. The number of imidazole rings is 1. The van der Waals surface area contributed by atoms with E-state index < -0.39 is 5.41 Å². The number of H-pyrrole nitrogens is 1. The molecule has 4 aromatic rings. The van der Waals surface area contributed by atoms with Gasteiger partial charge in [0, 0.05) is 12.4 Å². The van der Waals surface area contributed by atoms with Crippen LogP contribution in [-0.4, -0.2) is 9.97 Å². The molecule has 4 rings (SSSR count). The second kappa shape index (κ2) is 6.40. The molecule has 1 N–H and O–H groups in total. The lowest BCUT2D eigenvalue weighted by molar-refractivity contribution is 0.687. The maximum atomic E-state index is 4.70. The number of nitrogens with zero attached hydrogens (tertiary/aromatic N) is 1. The predicted octanol–water partition coefficient (Wildman–Crippen LogP) is 5.10. The van der Waals surface area contributed by atoms with E-state index in [0.29, 0.717) is 0 Å². The first kappa shape index (κ1) is 15.4. The van der Waals surface area contributed by atoms with Crippen molar-refractivity contribution >= 4 is 0 Å². The summed E-state index contributed by atoms with van der Waals surface area (Å²) in [5.74, 6) is 0.930. The smallest absolute Gasteiger partial charge is 0.125 e. The van der Waals surface area contributed by atoms with Gasteiger partial charge in [0.15, 0.2) is 0 Å². The Morgan fingerprint density at radius 3 is 1.80 bits per heavy atom. The number of hydrogen-bond donors (Lipinski definition) is 1. The van der Waals surface area contributed by atoms with Crippen LogP contribution in [0.2, 0.25) is 0 Å². The van der Waals surface area contributed by atoms with E-state index in [2.05, 4.69) is 96.8 Å². The van der Waals surface area contributed by atoms with E-state index in [1.54, 1.807) is 0 Å². The van der Waals surface area contributed by atoms with Crippen molar-refractivity contribution in [1.82, 2.24) is 9.97 Å². The van der Waals surface area contributed by atoms with Crippen molar-refractivity contribution < 1.29 is 0 Å². The van der Waals surface area contributed by atoms with E-state index >= 15 is 0 Å². The molecule has 25 heavy (non-hydrogen) atoms. The summed E-state index contributed by atoms with van der Waals surface area (Å²) in [5, 5.41) is 0. The summed E-state index contributed by atoms with van der Waals surface area (Å²) in [6.45, 7) is 2.17. The molecule has 0 aliphatic rings. The highest BCUT2D eigenvalue weighted by molar-refractivity contribution is 5.58. The molecule has 1 aromatic heterocycles. The Hall–Kier alpha value is -3.13. The number of hydrogen-bond acceptors (Lipinski definition) is 1. The Balaban J connectivity index is 2.15. The van der Waals surface area contributed by atoms with Crippen LogP contribution in [-0.2, 0) is 5.41 Å². The Morgan fingerprint density at radius 2 is 1.28 bits per heavy atom. The van der Waals surface area contributed by atoms with Gasteiger partial charge in [-0.2, -0.15) is 0 Å². The second-order valence-electron chi connectivity index (χ2n) is 6.23. The average molecular weight is 324 g/mol. The molecule has 0 radical (unpaired) electrons. The predicted molar refractivity (Wildman–Crippen MR) is 102 cm³/mol. The van der Waals surface area contributed by atoms with Crippen LogP contribution in [0.1, 0.15) is 28.1 Å². The van der Waals surface area contributed by atoms with E-state index in [1.807, 2.05) is 12.4 Å². The van der Waals surface area contributed by atoms with Gasteiger partial charge in [0.2, 0.25) is 0 Å². The number of benzene rings is 3. The van der Waals surface area contributed by atoms with E-state index in [1.165, 1.54) is 22.3 Å². The second-order valence-corrected chi connectivity index (χ2v) is 6.23. The molecule has 2 nitrogen and oxygen atoms in total. The van der Waals surface area contributed by atoms with E-state index in [-0.39, 0.29) is 0 Å². The maximum Gasteiger partial charge on any atom is 0.125 e. The Morgan fingerprint density at radius 1 is 0.720 bits per heavy atom. The summed E-state index contributed by atoms with van der Waals surface area (Å²) >= 11 is 0. The fourth-order valence-electron chi connectivity index (χ4n) is 3.72. The quantitative estimate of drug-likeness (QED) is 0.520. The molecule has 0 saturated carbocycles. The number of aromatic nitrogens is 2. The van der Waals surface area contributed by atoms with Gasteiger partial charge in [0.25, 0.3) is 0 Å². The normalized spacial score (nSPS) is 11.4. The molecule has 0 bridgehead atoms. The van der Waals surface area contributed by atoms with Crippen molar-refractivity contribution in [2.24, 2.45) is 0 Å². The summed E-state index contributed by atoms with van der Waals surface area (Å²) in [6, 6.07) is 29.8. The standard InChI is InChI=1S/C23H20N2/c1-18-10-8-9-15-21(18)23(22-24-16-17-25-22,19-11-4-2-5-12-19)20-13-6-3-7-14-20/h2-17H,1H3,(H,24,25). The lowest BCUT2D eigenvalue weighted by atomic mass is 9.67. The molecular weight excluding hydrogens is 304 g/mol. The lowest BCUT2D eigenvalue weighted by Crippen LogP contribution is -2.33. The zero-order valence-electron chi connectivity index (χ0n) is 14.2.